The van der Waals surface area contributed by atoms with E-state index < -0.39 is 5.82 Å². The van der Waals surface area contributed by atoms with Gasteiger partial charge in [0.05, 0.1) is 12.2 Å². The second-order valence-corrected chi connectivity index (χ2v) is 4.42. The van der Waals surface area contributed by atoms with Crippen LogP contribution in [0.15, 0.2) is 18.2 Å². The van der Waals surface area contributed by atoms with Crippen molar-refractivity contribution in [2.45, 2.75) is 6.92 Å². The minimum absolute atomic E-state index is 0.177. The van der Waals surface area contributed by atoms with Crippen LogP contribution in [0.3, 0.4) is 0 Å². The largest absolute Gasteiger partial charge is 0.384 e. The number of hydrogen-bond acceptors (Lipinski definition) is 3. The topological polar surface area (TPSA) is 58.6 Å². The van der Waals surface area contributed by atoms with E-state index in [4.69, 9.17) is 9.84 Å². The van der Waals surface area contributed by atoms with Crippen molar-refractivity contribution in [1.82, 2.24) is 5.32 Å². The first-order chi connectivity index (χ1) is 9.58. The van der Waals surface area contributed by atoms with E-state index >= 15 is 0 Å². The predicted octanol–water partition coefficient (Wildman–Crippen LogP) is 1.18. The summed E-state index contributed by atoms with van der Waals surface area (Å²) in [6.45, 7) is 2.60. The van der Waals surface area contributed by atoms with E-state index in [9.17, 15) is 9.18 Å². The van der Waals surface area contributed by atoms with Crippen LogP contribution in [0, 0.1) is 23.6 Å². The van der Waals surface area contributed by atoms with Gasteiger partial charge in [0, 0.05) is 19.2 Å². The molecule has 0 bridgehead atoms. The third-order valence-corrected chi connectivity index (χ3v) is 2.59. The molecule has 0 spiro atoms. The summed E-state index contributed by atoms with van der Waals surface area (Å²) in [6, 6.07) is 3.76. The van der Waals surface area contributed by atoms with Crippen molar-refractivity contribution in [3.8, 4) is 11.8 Å². The summed E-state index contributed by atoms with van der Waals surface area (Å²) in [5, 5.41) is 11.4. The summed E-state index contributed by atoms with van der Waals surface area (Å²) in [6.07, 6.45) is 0. The van der Waals surface area contributed by atoms with Gasteiger partial charge in [-0.1, -0.05) is 18.8 Å². The first kappa shape index (κ1) is 16.2. The van der Waals surface area contributed by atoms with Gasteiger partial charge in [-0.3, -0.25) is 4.79 Å². The number of carbonyl (C=O) groups is 1. The Balaban J connectivity index is 2.81. The van der Waals surface area contributed by atoms with Crippen LogP contribution in [0.2, 0.25) is 0 Å². The van der Waals surface area contributed by atoms with Gasteiger partial charge in [-0.05, 0) is 24.1 Å². The SMILES string of the molecule is COCC(C)CNC(=O)c1ccc(F)cc1C#CCO. The van der Waals surface area contributed by atoms with Crippen LogP contribution in [0.1, 0.15) is 22.8 Å². The van der Waals surface area contributed by atoms with Crippen molar-refractivity contribution >= 4 is 5.91 Å². The van der Waals surface area contributed by atoms with Crippen molar-refractivity contribution in [3.05, 3.63) is 35.1 Å². The maximum Gasteiger partial charge on any atom is 0.252 e. The van der Waals surface area contributed by atoms with Crippen molar-refractivity contribution in [2.24, 2.45) is 5.92 Å². The van der Waals surface area contributed by atoms with Gasteiger partial charge in [-0.25, -0.2) is 4.39 Å². The fraction of sp³-hybridized carbons (Fsp3) is 0.400. The summed E-state index contributed by atoms with van der Waals surface area (Å²) in [5.74, 6) is 4.36. The minimum Gasteiger partial charge on any atom is -0.384 e. The maximum absolute atomic E-state index is 13.2. The molecule has 0 saturated carbocycles. The third kappa shape index (κ3) is 5.00. The van der Waals surface area contributed by atoms with Crippen LogP contribution >= 0.6 is 0 Å². The van der Waals surface area contributed by atoms with Crippen LogP contribution in [0.5, 0.6) is 0 Å². The second-order valence-electron chi connectivity index (χ2n) is 4.42. The van der Waals surface area contributed by atoms with E-state index in [0.29, 0.717) is 13.2 Å². The van der Waals surface area contributed by atoms with Crippen LogP contribution in [0.4, 0.5) is 4.39 Å². The zero-order valence-electron chi connectivity index (χ0n) is 11.6. The molecule has 1 amide bonds. The van der Waals surface area contributed by atoms with Crippen LogP contribution in [-0.4, -0.2) is 37.9 Å². The van der Waals surface area contributed by atoms with Crippen molar-refractivity contribution < 1.29 is 19.0 Å². The van der Waals surface area contributed by atoms with Crippen LogP contribution in [0.25, 0.3) is 0 Å². The molecular formula is C15H18FNO3. The maximum atomic E-state index is 13.2. The average Bonchev–Trinajstić information content (AvgIpc) is 2.43. The number of amides is 1. The summed E-state index contributed by atoms with van der Waals surface area (Å²) >= 11 is 0. The van der Waals surface area contributed by atoms with E-state index in [1.54, 1.807) is 7.11 Å². The van der Waals surface area contributed by atoms with E-state index in [2.05, 4.69) is 17.2 Å². The number of ether oxygens (including phenoxy) is 1. The first-order valence-electron chi connectivity index (χ1n) is 6.25. The van der Waals surface area contributed by atoms with Gasteiger partial charge in [0.25, 0.3) is 5.91 Å². The number of methoxy groups -OCH3 is 1. The van der Waals surface area contributed by atoms with Crippen molar-refractivity contribution in [3.63, 3.8) is 0 Å². The highest BCUT2D eigenvalue weighted by atomic mass is 19.1. The number of hydrogen-bond donors (Lipinski definition) is 2. The number of halogens is 1. The summed E-state index contributed by atoms with van der Waals surface area (Å²) in [7, 11) is 1.60. The summed E-state index contributed by atoms with van der Waals surface area (Å²) < 4.78 is 18.2. The first-order valence-corrected chi connectivity index (χ1v) is 6.25. The molecular weight excluding hydrogens is 261 g/mol. The van der Waals surface area contributed by atoms with Crippen molar-refractivity contribution in [1.29, 1.82) is 0 Å². The third-order valence-electron chi connectivity index (χ3n) is 2.59. The zero-order chi connectivity index (χ0) is 15.0. The van der Waals surface area contributed by atoms with Crippen LogP contribution < -0.4 is 5.32 Å². The molecule has 0 aromatic heterocycles. The molecule has 1 aromatic rings. The molecule has 4 nitrogen and oxygen atoms in total. The molecule has 5 heteroatoms. The Morgan fingerprint density at radius 2 is 2.30 bits per heavy atom. The molecule has 1 unspecified atom stereocenters. The second kappa shape index (κ2) is 8.31. The molecule has 0 aliphatic rings. The Morgan fingerprint density at radius 1 is 1.55 bits per heavy atom. The normalized spacial score (nSPS) is 11.4. The molecule has 108 valence electrons. The molecule has 0 radical (unpaired) electrons. The summed E-state index contributed by atoms with van der Waals surface area (Å²) in [4.78, 5) is 12.0. The minimum atomic E-state index is -0.475. The van der Waals surface area contributed by atoms with Gasteiger partial charge in [-0.15, -0.1) is 0 Å². The smallest absolute Gasteiger partial charge is 0.252 e. The highest BCUT2D eigenvalue weighted by Gasteiger charge is 2.12. The molecule has 0 heterocycles. The fourth-order valence-corrected chi connectivity index (χ4v) is 1.66. The Labute approximate surface area is 117 Å². The highest BCUT2D eigenvalue weighted by Crippen LogP contribution is 2.10. The Bertz CT molecular complexity index is 520. The molecule has 2 N–H and O–H groups in total. The molecule has 0 aliphatic carbocycles. The Kier molecular flexibility index (Phi) is 6.71. The lowest BCUT2D eigenvalue weighted by atomic mass is 10.1. The standard InChI is InChI=1S/C15H18FNO3/c1-11(10-20-2)9-17-15(19)14-6-5-13(16)8-12(14)4-3-7-18/h5-6,8,11,18H,7,9-10H2,1-2H3,(H,17,19). The quantitative estimate of drug-likeness (QED) is 0.796. The van der Waals surface area contributed by atoms with E-state index in [-0.39, 0.29) is 29.6 Å². The van der Waals surface area contributed by atoms with Crippen LogP contribution in [-0.2, 0) is 4.74 Å². The molecule has 0 fully saturated rings. The number of nitrogens with one attached hydrogen (secondary N) is 1. The molecule has 0 aliphatic heterocycles. The zero-order valence-corrected chi connectivity index (χ0v) is 11.6. The molecule has 0 saturated heterocycles. The van der Waals surface area contributed by atoms with E-state index in [1.165, 1.54) is 18.2 Å². The van der Waals surface area contributed by atoms with Gasteiger partial charge in [-0.2, -0.15) is 0 Å². The summed E-state index contributed by atoms with van der Waals surface area (Å²) in [5.41, 5.74) is 0.549. The molecule has 1 atom stereocenters. The van der Waals surface area contributed by atoms with Gasteiger partial charge in [0.1, 0.15) is 12.4 Å². The number of aliphatic hydroxyl groups excluding tert-OH is 1. The average molecular weight is 279 g/mol. The lowest BCUT2D eigenvalue weighted by Crippen LogP contribution is -2.30. The fourth-order valence-electron chi connectivity index (χ4n) is 1.66. The van der Waals surface area contributed by atoms with E-state index in [0.717, 1.165) is 0 Å². The highest BCUT2D eigenvalue weighted by molar-refractivity contribution is 5.96. The molecule has 1 aromatic carbocycles. The van der Waals surface area contributed by atoms with Crippen molar-refractivity contribution in [2.75, 3.05) is 26.9 Å². The Hall–Kier alpha value is -1.90. The van der Waals surface area contributed by atoms with Gasteiger partial charge < -0.3 is 15.2 Å². The predicted molar refractivity (Wildman–Crippen MR) is 73.7 cm³/mol. The number of aliphatic hydroxyl groups is 1. The molecule has 1 rings (SSSR count). The van der Waals surface area contributed by atoms with Gasteiger partial charge >= 0.3 is 0 Å². The Morgan fingerprint density at radius 3 is 2.95 bits per heavy atom. The van der Waals surface area contributed by atoms with E-state index in [1.807, 2.05) is 6.92 Å². The van der Waals surface area contributed by atoms with Gasteiger partial charge in [0.15, 0.2) is 0 Å². The number of benzene rings is 1. The monoisotopic (exact) mass is 279 g/mol. The number of rotatable bonds is 5. The lowest BCUT2D eigenvalue weighted by Gasteiger charge is -2.12. The number of carbonyl (C=O) groups excluding carboxylic acids is 1. The molecule has 20 heavy (non-hydrogen) atoms. The lowest BCUT2D eigenvalue weighted by molar-refractivity contribution is 0.0934. The van der Waals surface area contributed by atoms with Gasteiger partial charge in [0.2, 0.25) is 0 Å².